The SMILES string of the molecule is CNC(=O)c1ccc(S(=O)(=O)NCCC(C)N)cc1. The van der Waals surface area contributed by atoms with Gasteiger partial charge in [-0.15, -0.1) is 0 Å². The number of hydrogen-bond donors (Lipinski definition) is 3. The normalized spacial score (nSPS) is 13.0. The number of nitrogens with one attached hydrogen (secondary N) is 2. The highest BCUT2D eigenvalue weighted by molar-refractivity contribution is 7.89. The van der Waals surface area contributed by atoms with Gasteiger partial charge in [-0.2, -0.15) is 0 Å². The summed E-state index contributed by atoms with van der Waals surface area (Å²) in [6, 6.07) is 5.69. The van der Waals surface area contributed by atoms with Crippen LogP contribution in [0, 0.1) is 0 Å². The largest absolute Gasteiger partial charge is 0.355 e. The smallest absolute Gasteiger partial charge is 0.251 e. The van der Waals surface area contributed by atoms with E-state index in [1.54, 1.807) is 0 Å². The number of nitrogens with two attached hydrogens (primary N) is 1. The third kappa shape index (κ3) is 4.62. The minimum atomic E-state index is -3.54. The van der Waals surface area contributed by atoms with Crippen molar-refractivity contribution in [1.29, 1.82) is 0 Å². The molecule has 1 amide bonds. The van der Waals surface area contributed by atoms with Crippen LogP contribution in [0.1, 0.15) is 23.7 Å². The summed E-state index contributed by atoms with van der Waals surface area (Å²) in [4.78, 5) is 11.5. The lowest BCUT2D eigenvalue weighted by Gasteiger charge is -2.08. The predicted molar refractivity (Wildman–Crippen MR) is 73.3 cm³/mol. The van der Waals surface area contributed by atoms with E-state index in [1.165, 1.54) is 31.3 Å². The molecule has 0 aliphatic carbocycles. The second-order valence-electron chi connectivity index (χ2n) is 4.27. The van der Waals surface area contributed by atoms with E-state index in [0.29, 0.717) is 12.0 Å². The zero-order chi connectivity index (χ0) is 14.5. The average Bonchev–Trinajstić information content (AvgIpc) is 2.37. The first kappa shape index (κ1) is 15.6. The Morgan fingerprint density at radius 1 is 1.32 bits per heavy atom. The number of sulfonamides is 1. The van der Waals surface area contributed by atoms with E-state index in [-0.39, 0.29) is 23.4 Å². The van der Waals surface area contributed by atoms with Gasteiger partial charge in [0.25, 0.3) is 5.91 Å². The van der Waals surface area contributed by atoms with Crippen molar-refractivity contribution in [2.24, 2.45) is 5.73 Å². The van der Waals surface area contributed by atoms with Crippen molar-refractivity contribution in [1.82, 2.24) is 10.0 Å². The predicted octanol–water partition coefficient (Wildman–Crippen LogP) is 0.0618. The van der Waals surface area contributed by atoms with E-state index in [9.17, 15) is 13.2 Å². The maximum absolute atomic E-state index is 11.9. The molecule has 4 N–H and O–H groups in total. The molecule has 0 radical (unpaired) electrons. The molecule has 1 aromatic rings. The highest BCUT2D eigenvalue weighted by Gasteiger charge is 2.14. The lowest BCUT2D eigenvalue weighted by atomic mass is 10.2. The number of amides is 1. The van der Waals surface area contributed by atoms with E-state index >= 15 is 0 Å². The molecule has 0 saturated carbocycles. The van der Waals surface area contributed by atoms with Gasteiger partial charge in [-0.05, 0) is 37.6 Å². The van der Waals surface area contributed by atoms with Gasteiger partial charge in [-0.3, -0.25) is 4.79 Å². The zero-order valence-corrected chi connectivity index (χ0v) is 11.8. The van der Waals surface area contributed by atoms with Gasteiger partial charge in [0, 0.05) is 25.2 Å². The summed E-state index contributed by atoms with van der Waals surface area (Å²) in [7, 11) is -2.03. The monoisotopic (exact) mass is 285 g/mol. The quantitative estimate of drug-likeness (QED) is 0.688. The topological polar surface area (TPSA) is 101 Å². The van der Waals surface area contributed by atoms with Gasteiger partial charge in [0.15, 0.2) is 0 Å². The third-order valence-corrected chi connectivity index (χ3v) is 4.02. The van der Waals surface area contributed by atoms with Gasteiger partial charge in [0.1, 0.15) is 0 Å². The first-order valence-electron chi connectivity index (χ1n) is 5.94. The van der Waals surface area contributed by atoms with Crippen LogP contribution in [-0.4, -0.2) is 34.0 Å². The average molecular weight is 285 g/mol. The first-order chi connectivity index (χ1) is 8.86. The number of hydrogen-bond acceptors (Lipinski definition) is 4. The molecular weight excluding hydrogens is 266 g/mol. The molecule has 7 heteroatoms. The van der Waals surface area contributed by atoms with Crippen LogP contribution in [0.2, 0.25) is 0 Å². The number of rotatable bonds is 6. The summed E-state index contributed by atoms with van der Waals surface area (Å²) < 4.78 is 26.3. The molecule has 0 saturated heterocycles. The molecular formula is C12H19N3O3S. The molecule has 1 atom stereocenters. The van der Waals surface area contributed by atoms with Crippen LogP contribution in [0.15, 0.2) is 29.2 Å². The Morgan fingerprint density at radius 3 is 2.37 bits per heavy atom. The maximum Gasteiger partial charge on any atom is 0.251 e. The summed E-state index contributed by atoms with van der Waals surface area (Å²) in [5, 5.41) is 2.47. The van der Waals surface area contributed by atoms with Gasteiger partial charge in [-0.1, -0.05) is 0 Å². The van der Waals surface area contributed by atoms with E-state index in [0.717, 1.165) is 0 Å². The molecule has 19 heavy (non-hydrogen) atoms. The van der Waals surface area contributed by atoms with Gasteiger partial charge in [-0.25, -0.2) is 13.1 Å². The van der Waals surface area contributed by atoms with Crippen LogP contribution in [0.4, 0.5) is 0 Å². The molecule has 0 heterocycles. The lowest BCUT2D eigenvalue weighted by Crippen LogP contribution is -2.29. The molecule has 1 aromatic carbocycles. The van der Waals surface area contributed by atoms with Crippen molar-refractivity contribution in [2.75, 3.05) is 13.6 Å². The molecule has 0 aromatic heterocycles. The molecule has 6 nitrogen and oxygen atoms in total. The van der Waals surface area contributed by atoms with E-state index in [2.05, 4.69) is 10.0 Å². The van der Waals surface area contributed by atoms with Crippen LogP contribution in [0.3, 0.4) is 0 Å². The molecule has 0 aliphatic rings. The lowest BCUT2D eigenvalue weighted by molar-refractivity contribution is 0.0963. The summed E-state index contributed by atoms with van der Waals surface area (Å²) in [5.41, 5.74) is 5.96. The molecule has 0 aliphatic heterocycles. The summed E-state index contributed by atoms with van der Waals surface area (Å²) in [5.74, 6) is -0.256. The van der Waals surface area contributed by atoms with Gasteiger partial charge in [0.05, 0.1) is 4.90 Å². The molecule has 0 bridgehead atoms. The molecule has 0 fully saturated rings. The van der Waals surface area contributed by atoms with E-state index < -0.39 is 10.0 Å². The number of benzene rings is 1. The second kappa shape index (κ2) is 6.65. The van der Waals surface area contributed by atoms with E-state index in [1.807, 2.05) is 6.92 Å². The first-order valence-corrected chi connectivity index (χ1v) is 7.42. The minimum Gasteiger partial charge on any atom is -0.355 e. The highest BCUT2D eigenvalue weighted by Crippen LogP contribution is 2.10. The van der Waals surface area contributed by atoms with Gasteiger partial charge in [0.2, 0.25) is 10.0 Å². The van der Waals surface area contributed by atoms with Gasteiger partial charge >= 0.3 is 0 Å². The van der Waals surface area contributed by atoms with Crippen molar-refractivity contribution in [3.63, 3.8) is 0 Å². The number of carbonyl (C=O) groups excluding carboxylic acids is 1. The highest BCUT2D eigenvalue weighted by atomic mass is 32.2. The molecule has 0 spiro atoms. The van der Waals surface area contributed by atoms with Crippen LogP contribution in [0.5, 0.6) is 0 Å². The molecule has 1 unspecified atom stereocenters. The van der Waals surface area contributed by atoms with Crippen LogP contribution in [0.25, 0.3) is 0 Å². The Balaban J connectivity index is 2.76. The van der Waals surface area contributed by atoms with Crippen molar-refractivity contribution < 1.29 is 13.2 Å². The Labute approximate surface area is 113 Å². The van der Waals surface area contributed by atoms with Crippen LogP contribution < -0.4 is 15.8 Å². The van der Waals surface area contributed by atoms with Crippen LogP contribution >= 0.6 is 0 Å². The fourth-order valence-electron chi connectivity index (χ4n) is 1.43. The second-order valence-corrected chi connectivity index (χ2v) is 6.03. The third-order valence-electron chi connectivity index (χ3n) is 2.55. The Kier molecular flexibility index (Phi) is 5.46. The fraction of sp³-hybridized carbons (Fsp3) is 0.417. The summed E-state index contributed by atoms with van der Waals surface area (Å²) in [6.45, 7) is 2.10. The Morgan fingerprint density at radius 2 is 1.89 bits per heavy atom. The Bertz CT molecular complexity index is 524. The Hall–Kier alpha value is -1.44. The maximum atomic E-state index is 11.9. The van der Waals surface area contributed by atoms with Crippen LogP contribution in [-0.2, 0) is 10.0 Å². The summed E-state index contributed by atoms with van der Waals surface area (Å²) in [6.07, 6.45) is 0.565. The molecule has 106 valence electrons. The van der Waals surface area contributed by atoms with Crippen molar-refractivity contribution in [3.8, 4) is 0 Å². The zero-order valence-electron chi connectivity index (χ0n) is 11.0. The van der Waals surface area contributed by atoms with Crippen molar-refractivity contribution in [2.45, 2.75) is 24.3 Å². The summed E-state index contributed by atoms with van der Waals surface area (Å²) >= 11 is 0. The minimum absolute atomic E-state index is 0.0571. The molecule has 1 rings (SSSR count). The van der Waals surface area contributed by atoms with Crippen molar-refractivity contribution >= 4 is 15.9 Å². The van der Waals surface area contributed by atoms with Crippen molar-refractivity contribution in [3.05, 3.63) is 29.8 Å². The van der Waals surface area contributed by atoms with E-state index in [4.69, 9.17) is 5.73 Å². The number of carbonyl (C=O) groups is 1. The van der Waals surface area contributed by atoms with Gasteiger partial charge < -0.3 is 11.1 Å². The fourth-order valence-corrected chi connectivity index (χ4v) is 2.48. The standard InChI is InChI=1S/C12H19N3O3S/c1-9(13)7-8-15-19(17,18)11-5-3-10(4-6-11)12(16)14-2/h3-6,9,15H,7-8,13H2,1-2H3,(H,14,16).